The van der Waals surface area contributed by atoms with E-state index >= 15 is 0 Å². The summed E-state index contributed by atoms with van der Waals surface area (Å²) >= 11 is 0. The van der Waals surface area contributed by atoms with Crippen LogP contribution in [0.15, 0.2) is 24.3 Å². The summed E-state index contributed by atoms with van der Waals surface area (Å²) in [5.74, 6) is -0.521. The lowest BCUT2D eigenvalue weighted by Crippen LogP contribution is -2.34. The average Bonchev–Trinajstić information content (AvgIpc) is 2.69. The quantitative estimate of drug-likeness (QED) is 0.270. The van der Waals surface area contributed by atoms with Crippen LogP contribution in [0.3, 0.4) is 0 Å². The molecule has 0 heterocycles. The zero-order valence-electron chi connectivity index (χ0n) is 19.4. The molecule has 0 saturated heterocycles. The Morgan fingerprint density at radius 3 is 1.86 bits per heavy atom. The van der Waals surface area contributed by atoms with Crippen LogP contribution in [-0.2, 0) is 14.3 Å². The number of carboxylic acids is 1. The Hall–Kier alpha value is -1.58. The minimum absolute atomic E-state index is 0.0995. The second-order valence-corrected chi connectivity index (χ2v) is 7.56. The van der Waals surface area contributed by atoms with Crippen LogP contribution in [0.25, 0.3) is 0 Å². The maximum absolute atomic E-state index is 11.7. The first-order valence-corrected chi connectivity index (χ1v) is 10.9. The smallest absolute Gasteiger partial charge is 0.333 e. The molecule has 4 nitrogen and oxygen atoms in total. The van der Waals surface area contributed by atoms with Crippen molar-refractivity contribution in [2.45, 2.75) is 105 Å². The number of carbonyl (C=O) groups is 2. The Labute approximate surface area is 173 Å². The van der Waals surface area contributed by atoms with Gasteiger partial charge in [0.25, 0.3) is 0 Å². The number of rotatable bonds is 13. The van der Waals surface area contributed by atoms with Crippen LogP contribution >= 0.6 is 0 Å². The second-order valence-electron chi connectivity index (χ2n) is 7.56. The van der Waals surface area contributed by atoms with Crippen molar-refractivity contribution in [2.75, 3.05) is 0 Å². The maximum atomic E-state index is 11.7. The summed E-state index contributed by atoms with van der Waals surface area (Å²) in [4.78, 5) is 22.3. The topological polar surface area (TPSA) is 63.6 Å². The first-order chi connectivity index (χ1) is 13.1. The van der Waals surface area contributed by atoms with Gasteiger partial charge in [-0.1, -0.05) is 87.3 Å². The molecule has 0 rings (SSSR count). The number of hydrogen-bond acceptors (Lipinski definition) is 3. The van der Waals surface area contributed by atoms with Crippen molar-refractivity contribution in [3.63, 3.8) is 0 Å². The van der Waals surface area contributed by atoms with Crippen LogP contribution in [0.4, 0.5) is 0 Å². The normalized spacial score (nSPS) is 13.0. The predicted octanol–water partition coefficient (Wildman–Crippen LogP) is 6.94. The van der Waals surface area contributed by atoms with Crippen molar-refractivity contribution in [1.82, 2.24) is 0 Å². The molecule has 4 heteroatoms. The minimum Gasteiger partial charge on any atom is -0.478 e. The Morgan fingerprint density at radius 2 is 1.54 bits per heavy atom. The number of carbonyl (C=O) groups excluding carboxylic acids is 1. The second kappa shape index (κ2) is 15.4. The first-order valence-electron chi connectivity index (χ1n) is 10.9. The number of hydrogen-bond donors (Lipinski definition) is 1. The fraction of sp³-hybridized carbons (Fsp3) is 0.750. The highest BCUT2D eigenvalue weighted by molar-refractivity contribution is 5.88. The molecule has 0 fully saturated rings. The first kappa shape index (κ1) is 28.6. The van der Waals surface area contributed by atoms with E-state index in [1.807, 2.05) is 13.8 Å². The monoisotopic (exact) mass is 396 g/mol. The van der Waals surface area contributed by atoms with E-state index in [0.717, 1.165) is 44.9 Å². The van der Waals surface area contributed by atoms with Gasteiger partial charge < -0.3 is 9.84 Å². The zero-order chi connectivity index (χ0) is 22.3. The van der Waals surface area contributed by atoms with Gasteiger partial charge in [-0.15, -0.1) is 0 Å². The summed E-state index contributed by atoms with van der Waals surface area (Å²) in [6.45, 7) is 21.7. The molecule has 1 N–H and O–H groups in total. The molecular weight excluding hydrogens is 352 g/mol. The van der Waals surface area contributed by atoms with Crippen molar-refractivity contribution >= 4 is 11.9 Å². The van der Waals surface area contributed by atoms with Gasteiger partial charge in [0, 0.05) is 11.1 Å². The lowest BCUT2D eigenvalue weighted by atomic mass is 9.83. The maximum Gasteiger partial charge on any atom is 0.333 e. The van der Waals surface area contributed by atoms with E-state index in [1.165, 1.54) is 0 Å². The van der Waals surface area contributed by atoms with Gasteiger partial charge >= 0.3 is 11.9 Å². The van der Waals surface area contributed by atoms with E-state index in [2.05, 4.69) is 47.8 Å². The van der Waals surface area contributed by atoms with Crippen LogP contribution in [-0.4, -0.2) is 22.6 Å². The van der Waals surface area contributed by atoms with Gasteiger partial charge in [0.15, 0.2) is 0 Å². The molecule has 0 saturated carbocycles. The summed E-state index contributed by atoms with van der Waals surface area (Å²) in [6.07, 6.45) is 7.60. The van der Waals surface area contributed by atoms with Gasteiger partial charge in [-0.05, 0) is 37.5 Å². The van der Waals surface area contributed by atoms with Crippen LogP contribution in [0.1, 0.15) is 99.8 Å². The van der Waals surface area contributed by atoms with E-state index < -0.39 is 5.97 Å². The molecule has 0 aromatic carbocycles. The third-order valence-electron chi connectivity index (χ3n) is 5.73. The van der Waals surface area contributed by atoms with Crippen molar-refractivity contribution in [2.24, 2.45) is 11.8 Å². The van der Waals surface area contributed by atoms with Crippen molar-refractivity contribution < 1.29 is 19.4 Å². The van der Waals surface area contributed by atoms with E-state index in [-0.39, 0.29) is 17.5 Å². The molecule has 0 spiro atoms. The fourth-order valence-electron chi connectivity index (χ4n) is 3.33. The van der Waals surface area contributed by atoms with Gasteiger partial charge in [-0.3, -0.25) is 0 Å². The van der Waals surface area contributed by atoms with Crippen LogP contribution < -0.4 is 0 Å². The molecule has 28 heavy (non-hydrogen) atoms. The molecule has 0 aromatic heterocycles. The highest BCUT2D eigenvalue weighted by Gasteiger charge is 2.29. The third kappa shape index (κ3) is 10.1. The SMILES string of the molecule is C=C(C(=O)O)C(C)C(CC)CCC.C=C(CC)C(=O)OC(CC)(CC)CCC. The number of carboxylic acid groups (broad SMARTS) is 1. The summed E-state index contributed by atoms with van der Waals surface area (Å²) in [5, 5.41) is 8.77. The lowest BCUT2D eigenvalue weighted by molar-refractivity contribution is -0.156. The number of aliphatic carboxylic acids is 1. The van der Waals surface area contributed by atoms with E-state index in [9.17, 15) is 9.59 Å². The molecule has 2 atom stereocenters. The van der Waals surface area contributed by atoms with Crippen LogP contribution in [0, 0.1) is 11.8 Å². The largest absolute Gasteiger partial charge is 0.478 e. The van der Waals surface area contributed by atoms with Gasteiger partial charge in [-0.25, -0.2) is 9.59 Å². The molecule has 2 unspecified atom stereocenters. The van der Waals surface area contributed by atoms with Crippen LogP contribution in [0.5, 0.6) is 0 Å². The Morgan fingerprint density at radius 1 is 1.00 bits per heavy atom. The van der Waals surface area contributed by atoms with Crippen molar-refractivity contribution in [1.29, 1.82) is 0 Å². The predicted molar refractivity (Wildman–Crippen MR) is 118 cm³/mol. The van der Waals surface area contributed by atoms with Gasteiger partial charge in [-0.2, -0.15) is 0 Å². The van der Waals surface area contributed by atoms with Gasteiger partial charge in [0.2, 0.25) is 0 Å². The number of ether oxygens (including phenoxy) is 1. The Balaban J connectivity index is 0. The molecular formula is C24H44O4. The van der Waals surface area contributed by atoms with Gasteiger partial charge in [0.05, 0.1) is 0 Å². The highest BCUT2D eigenvalue weighted by atomic mass is 16.6. The summed E-state index contributed by atoms with van der Waals surface area (Å²) in [5.41, 5.74) is 0.641. The molecule has 0 aliphatic rings. The van der Waals surface area contributed by atoms with Crippen LogP contribution in [0.2, 0.25) is 0 Å². The van der Waals surface area contributed by atoms with E-state index in [0.29, 0.717) is 23.5 Å². The van der Waals surface area contributed by atoms with Crippen molar-refractivity contribution in [3.05, 3.63) is 24.3 Å². The molecule has 0 aliphatic carbocycles. The highest BCUT2D eigenvalue weighted by Crippen LogP contribution is 2.28. The molecule has 0 bridgehead atoms. The fourth-order valence-corrected chi connectivity index (χ4v) is 3.33. The summed E-state index contributed by atoms with van der Waals surface area (Å²) in [6, 6.07) is 0. The minimum atomic E-state index is -0.859. The summed E-state index contributed by atoms with van der Waals surface area (Å²) in [7, 11) is 0. The Kier molecular flexibility index (Phi) is 15.7. The zero-order valence-corrected chi connectivity index (χ0v) is 19.4. The average molecular weight is 397 g/mol. The Bertz CT molecular complexity index is 489. The molecule has 164 valence electrons. The summed E-state index contributed by atoms with van der Waals surface area (Å²) < 4.78 is 5.59. The third-order valence-corrected chi connectivity index (χ3v) is 5.73. The lowest BCUT2D eigenvalue weighted by Gasteiger charge is -2.31. The standard InChI is InChI=1S/C13H24O2.C11H20O2/c1-6-10-13(8-3,9-4)15-12(14)11(5)7-2;1-5-7-10(6-2)8(3)9(4)11(12)13/h5-10H2,1-4H3;8,10H,4-7H2,1-3H3,(H,12,13). The van der Waals surface area contributed by atoms with E-state index in [4.69, 9.17) is 9.84 Å². The number of esters is 1. The molecule has 0 amide bonds. The van der Waals surface area contributed by atoms with Gasteiger partial charge in [0.1, 0.15) is 5.60 Å². The molecule has 0 aromatic rings. The van der Waals surface area contributed by atoms with E-state index in [1.54, 1.807) is 0 Å². The molecule has 0 radical (unpaired) electrons. The molecule has 0 aliphatic heterocycles. The van der Waals surface area contributed by atoms with Crippen molar-refractivity contribution in [3.8, 4) is 0 Å².